The Labute approximate surface area is 145 Å². The number of rotatable bonds is 5. The fourth-order valence-corrected chi connectivity index (χ4v) is 2.77. The Balaban J connectivity index is 2.57. The lowest BCUT2D eigenvalue weighted by Crippen LogP contribution is -2.45. The van der Waals surface area contributed by atoms with Crippen molar-refractivity contribution < 1.29 is 24.1 Å². The largest absolute Gasteiger partial charge is 0.502 e. The summed E-state index contributed by atoms with van der Waals surface area (Å²) < 4.78 is 15.5. The molecule has 130 valence electrons. The van der Waals surface area contributed by atoms with E-state index in [4.69, 9.17) is 26.4 Å². The molecule has 0 saturated carbocycles. The van der Waals surface area contributed by atoms with E-state index in [-0.39, 0.29) is 23.9 Å². The van der Waals surface area contributed by atoms with Gasteiger partial charge in [0.25, 0.3) is 0 Å². The minimum absolute atomic E-state index is 0.112. The van der Waals surface area contributed by atoms with Crippen molar-refractivity contribution >= 4 is 23.3 Å². The quantitative estimate of drug-likeness (QED) is 0.546. The first kappa shape index (κ1) is 17.9. The molecule has 3 N–H and O–H groups in total. The highest BCUT2D eigenvalue weighted by Crippen LogP contribution is 2.40. The molecule has 1 atom stereocenters. The molecule has 0 fully saturated rings. The Bertz CT molecular complexity index is 677. The number of carbonyl (C=O) groups is 1. The van der Waals surface area contributed by atoms with Gasteiger partial charge in [0, 0.05) is 5.70 Å². The smallest absolute Gasteiger partial charge is 0.338 e. The zero-order valence-corrected chi connectivity index (χ0v) is 14.7. The van der Waals surface area contributed by atoms with Gasteiger partial charge in [-0.3, -0.25) is 0 Å². The molecule has 0 aliphatic carbocycles. The second kappa shape index (κ2) is 7.39. The predicted molar refractivity (Wildman–Crippen MR) is 92.2 cm³/mol. The number of hydrogen-bond acceptors (Lipinski definition) is 6. The summed E-state index contributed by atoms with van der Waals surface area (Å²) in [5, 5.41) is 16.4. The summed E-state index contributed by atoms with van der Waals surface area (Å²) in [6, 6.07) is 2.69. The van der Waals surface area contributed by atoms with E-state index in [1.54, 1.807) is 26.0 Å². The number of phenols is 1. The first-order valence-corrected chi connectivity index (χ1v) is 7.74. The number of aromatic hydroxyl groups is 1. The molecule has 0 spiro atoms. The van der Waals surface area contributed by atoms with E-state index in [0.29, 0.717) is 21.9 Å². The third-order valence-electron chi connectivity index (χ3n) is 3.60. The SMILES string of the molecule is CCOC(=O)C1=C(C)NC(=S)N[C@@H]1c1cc(OC)c(O)c(OC)c1. The van der Waals surface area contributed by atoms with Crippen molar-refractivity contribution in [3.8, 4) is 17.2 Å². The van der Waals surface area contributed by atoms with Crippen molar-refractivity contribution in [3.05, 3.63) is 29.0 Å². The zero-order chi connectivity index (χ0) is 17.9. The van der Waals surface area contributed by atoms with Crippen molar-refractivity contribution in [2.45, 2.75) is 19.9 Å². The van der Waals surface area contributed by atoms with Gasteiger partial charge in [-0.15, -0.1) is 0 Å². The van der Waals surface area contributed by atoms with Crippen LogP contribution in [-0.4, -0.2) is 37.0 Å². The number of benzene rings is 1. The highest BCUT2D eigenvalue weighted by molar-refractivity contribution is 7.80. The monoisotopic (exact) mass is 352 g/mol. The Morgan fingerprint density at radius 1 is 1.29 bits per heavy atom. The summed E-state index contributed by atoms with van der Waals surface area (Å²) in [5.41, 5.74) is 1.65. The van der Waals surface area contributed by atoms with Gasteiger partial charge in [-0.2, -0.15) is 0 Å². The Morgan fingerprint density at radius 2 is 1.88 bits per heavy atom. The molecule has 0 aromatic heterocycles. The molecule has 7 nitrogen and oxygen atoms in total. The number of methoxy groups -OCH3 is 2. The van der Waals surface area contributed by atoms with Gasteiger partial charge in [-0.25, -0.2) is 4.79 Å². The number of allylic oxidation sites excluding steroid dienone is 1. The molecular formula is C16H20N2O5S. The van der Waals surface area contributed by atoms with Crippen LogP contribution in [0.5, 0.6) is 17.2 Å². The number of esters is 1. The van der Waals surface area contributed by atoms with Crippen LogP contribution in [0, 0.1) is 0 Å². The summed E-state index contributed by atoms with van der Waals surface area (Å²) in [4.78, 5) is 12.4. The molecule has 1 aromatic rings. The number of ether oxygens (including phenoxy) is 3. The average Bonchev–Trinajstić information content (AvgIpc) is 2.54. The van der Waals surface area contributed by atoms with Crippen LogP contribution in [0.3, 0.4) is 0 Å². The number of carbonyl (C=O) groups excluding carboxylic acids is 1. The number of thiocarbonyl (C=S) groups is 1. The fraction of sp³-hybridized carbons (Fsp3) is 0.375. The van der Waals surface area contributed by atoms with Gasteiger partial charge in [0.15, 0.2) is 16.6 Å². The lowest BCUT2D eigenvalue weighted by Gasteiger charge is -2.30. The topological polar surface area (TPSA) is 89.1 Å². The van der Waals surface area contributed by atoms with E-state index < -0.39 is 12.0 Å². The maximum absolute atomic E-state index is 12.4. The summed E-state index contributed by atoms with van der Waals surface area (Å²) in [6.45, 7) is 3.75. The van der Waals surface area contributed by atoms with Gasteiger partial charge >= 0.3 is 5.97 Å². The van der Waals surface area contributed by atoms with Gasteiger partial charge in [0.2, 0.25) is 5.75 Å². The van der Waals surface area contributed by atoms with E-state index in [1.807, 2.05) is 0 Å². The molecule has 0 unspecified atom stereocenters. The van der Waals surface area contributed by atoms with Crippen LogP contribution in [0.4, 0.5) is 0 Å². The van der Waals surface area contributed by atoms with Gasteiger partial charge in [-0.1, -0.05) is 0 Å². The highest BCUT2D eigenvalue weighted by Gasteiger charge is 2.32. The fourth-order valence-electron chi connectivity index (χ4n) is 2.50. The molecule has 1 aliphatic heterocycles. The van der Waals surface area contributed by atoms with Crippen molar-refractivity contribution in [1.29, 1.82) is 0 Å². The minimum Gasteiger partial charge on any atom is -0.502 e. The Morgan fingerprint density at radius 3 is 2.38 bits per heavy atom. The second-order valence-electron chi connectivity index (χ2n) is 5.06. The van der Waals surface area contributed by atoms with Crippen molar-refractivity contribution in [2.24, 2.45) is 0 Å². The van der Waals surface area contributed by atoms with E-state index in [9.17, 15) is 9.90 Å². The van der Waals surface area contributed by atoms with Gasteiger partial charge in [0.05, 0.1) is 32.4 Å². The molecule has 2 rings (SSSR count). The summed E-state index contributed by atoms with van der Waals surface area (Å²) in [6.07, 6.45) is 0. The molecule has 8 heteroatoms. The summed E-state index contributed by atoms with van der Waals surface area (Å²) >= 11 is 5.19. The first-order chi connectivity index (χ1) is 11.4. The summed E-state index contributed by atoms with van der Waals surface area (Å²) in [7, 11) is 2.87. The highest BCUT2D eigenvalue weighted by atomic mass is 32.1. The lowest BCUT2D eigenvalue weighted by molar-refractivity contribution is -0.139. The summed E-state index contributed by atoms with van der Waals surface area (Å²) in [5.74, 6) is -0.0971. The van der Waals surface area contributed by atoms with Crippen LogP contribution in [0.15, 0.2) is 23.4 Å². The average molecular weight is 352 g/mol. The molecular weight excluding hydrogens is 332 g/mol. The first-order valence-electron chi connectivity index (χ1n) is 7.33. The van der Waals surface area contributed by atoms with Crippen LogP contribution >= 0.6 is 12.2 Å². The van der Waals surface area contributed by atoms with E-state index in [2.05, 4.69) is 10.6 Å². The van der Waals surface area contributed by atoms with Gasteiger partial charge < -0.3 is 30.0 Å². The minimum atomic E-state index is -0.554. The zero-order valence-electron chi connectivity index (χ0n) is 13.9. The van der Waals surface area contributed by atoms with E-state index >= 15 is 0 Å². The number of hydrogen-bond donors (Lipinski definition) is 3. The molecule has 1 aliphatic rings. The van der Waals surface area contributed by atoms with Crippen LogP contribution in [0.2, 0.25) is 0 Å². The van der Waals surface area contributed by atoms with Crippen LogP contribution in [0.25, 0.3) is 0 Å². The molecule has 1 heterocycles. The lowest BCUT2D eigenvalue weighted by atomic mass is 9.95. The van der Waals surface area contributed by atoms with Crippen LogP contribution in [-0.2, 0) is 9.53 Å². The number of phenolic OH excluding ortho intramolecular Hbond substituents is 1. The van der Waals surface area contributed by atoms with E-state index in [1.165, 1.54) is 14.2 Å². The molecule has 0 radical (unpaired) electrons. The Kier molecular flexibility index (Phi) is 5.50. The molecule has 1 aromatic carbocycles. The number of nitrogens with one attached hydrogen (secondary N) is 2. The second-order valence-corrected chi connectivity index (χ2v) is 5.47. The van der Waals surface area contributed by atoms with E-state index in [0.717, 1.165) is 0 Å². The maximum Gasteiger partial charge on any atom is 0.338 e. The van der Waals surface area contributed by atoms with Gasteiger partial charge in [-0.05, 0) is 43.8 Å². The third kappa shape index (κ3) is 3.38. The molecule has 0 bridgehead atoms. The molecule has 0 saturated heterocycles. The van der Waals surface area contributed by atoms with Gasteiger partial charge in [0.1, 0.15) is 0 Å². The standard InChI is InChI=1S/C16H20N2O5S/c1-5-23-15(20)12-8(2)17-16(24)18-13(12)9-6-10(21-3)14(19)11(7-9)22-4/h6-7,13,19H,5H2,1-4H3,(H2,17,18,24)/t13-/m1/s1. The van der Waals surface area contributed by atoms with Crippen molar-refractivity contribution in [3.63, 3.8) is 0 Å². The van der Waals surface area contributed by atoms with Crippen molar-refractivity contribution in [1.82, 2.24) is 10.6 Å². The molecule has 0 amide bonds. The normalized spacial score (nSPS) is 17.0. The van der Waals surface area contributed by atoms with Crippen molar-refractivity contribution in [2.75, 3.05) is 20.8 Å². The van der Waals surface area contributed by atoms with Crippen LogP contribution < -0.4 is 20.1 Å². The van der Waals surface area contributed by atoms with Crippen LogP contribution in [0.1, 0.15) is 25.5 Å². The Hall–Kier alpha value is -2.48. The maximum atomic E-state index is 12.4. The third-order valence-corrected chi connectivity index (χ3v) is 3.82. The molecule has 24 heavy (non-hydrogen) atoms. The predicted octanol–water partition coefficient (Wildman–Crippen LogP) is 1.77.